The minimum absolute atomic E-state index is 0.250. The minimum atomic E-state index is -0.977. The number of anilines is 1. The van der Waals surface area contributed by atoms with E-state index in [9.17, 15) is 15.3 Å². The maximum Gasteiger partial charge on any atom is 0.166 e. The van der Waals surface area contributed by atoms with E-state index in [1.54, 1.807) is 10.9 Å². The monoisotopic (exact) mass is 303 g/mol. The second kappa shape index (κ2) is 4.73. The lowest BCUT2D eigenvalue weighted by molar-refractivity contribution is -0.00306. The number of nitrogens with zero attached hydrogens (tertiary/aromatic N) is 4. The van der Waals surface area contributed by atoms with Crippen LogP contribution in [0, 0.1) is 5.92 Å². The Labute approximate surface area is 125 Å². The number of imidazole rings is 1. The molecule has 4 rings (SSSR count). The van der Waals surface area contributed by atoms with E-state index >= 15 is 0 Å². The van der Waals surface area contributed by atoms with Gasteiger partial charge in [-0.15, -0.1) is 0 Å². The Morgan fingerprint density at radius 1 is 1.14 bits per heavy atom. The summed E-state index contributed by atoms with van der Waals surface area (Å²) in [5.74, 6) is 0.0294. The van der Waals surface area contributed by atoms with Crippen LogP contribution in [0.1, 0.15) is 18.9 Å². The van der Waals surface area contributed by atoms with Crippen molar-refractivity contribution in [1.29, 1.82) is 0 Å². The van der Waals surface area contributed by atoms with Crippen LogP contribution in [-0.2, 0) is 0 Å². The molecule has 5 atom stereocenters. The van der Waals surface area contributed by atoms with Gasteiger partial charge in [-0.25, -0.2) is 15.0 Å². The molecular weight excluding hydrogens is 286 g/mol. The molecule has 0 aliphatic heterocycles. The van der Waals surface area contributed by atoms with E-state index in [1.165, 1.54) is 6.33 Å². The molecule has 0 radical (unpaired) electrons. The number of hydrogen-bond donors (Lipinski definition) is 4. The van der Waals surface area contributed by atoms with Gasteiger partial charge in [0.05, 0.1) is 24.6 Å². The molecule has 0 saturated heterocycles. The summed E-state index contributed by atoms with van der Waals surface area (Å²) in [5.41, 5.74) is 7.71. The van der Waals surface area contributed by atoms with Gasteiger partial charge in [0.2, 0.25) is 0 Å². The third-order valence-electron chi connectivity index (χ3n) is 4.69. The predicted molar refractivity (Wildman–Crippen MR) is 77.6 cm³/mol. The Balaban J connectivity index is 1.85. The van der Waals surface area contributed by atoms with Gasteiger partial charge in [0.15, 0.2) is 11.5 Å². The van der Waals surface area contributed by atoms with Crippen LogP contribution in [0.5, 0.6) is 0 Å². The summed E-state index contributed by atoms with van der Waals surface area (Å²) in [6, 6.07) is -0.452. The normalized spacial score (nSPS) is 34.7. The van der Waals surface area contributed by atoms with Crippen LogP contribution in [0.4, 0.5) is 5.82 Å². The van der Waals surface area contributed by atoms with E-state index in [2.05, 4.69) is 15.0 Å². The lowest BCUT2D eigenvalue weighted by atomic mass is 9.86. The van der Waals surface area contributed by atoms with Gasteiger partial charge in [-0.1, -0.05) is 6.08 Å². The van der Waals surface area contributed by atoms with Crippen molar-refractivity contribution in [3.05, 3.63) is 24.3 Å². The van der Waals surface area contributed by atoms with Gasteiger partial charge < -0.3 is 25.6 Å². The van der Waals surface area contributed by atoms with Crippen LogP contribution in [0.15, 0.2) is 24.3 Å². The summed E-state index contributed by atoms with van der Waals surface area (Å²) in [6.07, 6.45) is 3.41. The fraction of sp³-hybridized carbons (Fsp3) is 0.500. The van der Waals surface area contributed by atoms with E-state index in [0.29, 0.717) is 24.0 Å². The third kappa shape index (κ3) is 1.78. The number of fused-ring (bicyclic) bond motifs is 2. The molecule has 116 valence electrons. The molecule has 0 amide bonds. The first-order chi connectivity index (χ1) is 10.6. The number of nitrogens with two attached hydrogens (primary N) is 1. The molecule has 8 heteroatoms. The maximum atomic E-state index is 10.5. The highest BCUT2D eigenvalue weighted by atomic mass is 16.3. The Bertz CT molecular complexity index is 758. The molecular formula is C14H17N5O3. The standard InChI is InChI=1S/C14H17N5O3/c15-13-9-14(17-4-16-13)19(5-18-9)10-7-2-1-6(20)3-8(7)11(21)12(10)22/h2,4-6,8,10-12,20-22H,1,3H2,(H2,15,16,17)/t6-,8-,10+,11+,12-/m0/s1. The Hall–Kier alpha value is -2.03. The Morgan fingerprint density at radius 3 is 2.77 bits per heavy atom. The summed E-state index contributed by atoms with van der Waals surface area (Å²) in [6.45, 7) is 0. The molecule has 0 unspecified atom stereocenters. The van der Waals surface area contributed by atoms with E-state index in [-0.39, 0.29) is 11.7 Å². The number of rotatable bonds is 1. The molecule has 8 nitrogen and oxygen atoms in total. The van der Waals surface area contributed by atoms with Crippen molar-refractivity contribution in [2.24, 2.45) is 5.92 Å². The molecule has 0 spiro atoms. The van der Waals surface area contributed by atoms with Gasteiger partial charge in [-0.2, -0.15) is 0 Å². The van der Waals surface area contributed by atoms with Crippen molar-refractivity contribution < 1.29 is 15.3 Å². The molecule has 1 saturated carbocycles. The number of nitrogen functional groups attached to an aromatic ring is 1. The van der Waals surface area contributed by atoms with Crippen LogP contribution in [0.3, 0.4) is 0 Å². The average Bonchev–Trinajstić information content (AvgIpc) is 3.02. The summed E-state index contributed by atoms with van der Waals surface area (Å²) >= 11 is 0. The molecule has 0 bridgehead atoms. The minimum Gasteiger partial charge on any atom is -0.393 e. The second-order valence-corrected chi connectivity index (χ2v) is 5.94. The van der Waals surface area contributed by atoms with Gasteiger partial charge in [0.1, 0.15) is 17.9 Å². The van der Waals surface area contributed by atoms with Gasteiger partial charge in [-0.3, -0.25) is 0 Å². The highest BCUT2D eigenvalue weighted by Gasteiger charge is 2.48. The van der Waals surface area contributed by atoms with E-state index in [0.717, 1.165) is 5.57 Å². The van der Waals surface area contributed by atoms with Crippen molar-refractivity contribution in [2.75, 3.05) is 5.73 Å². The van der Waals surface area contributed by atoms with Crippen molar-refractivity contribution in [1.82, 2.24) is 19.5 Å². The Morgan fingerprint density at radius 2 is 1.95 bits per heavy atom. The lowest BCUT2D eigenvalue weighted by Crippen LogP contribution is -2.30. The summed E-state index contributed by atoms with van der Waals surface area (Å²) in [7, 11) is 0. The molecule has 1 fully saturated rings. The molecule has 2 aliphatic rings. The second-order valence-electron chi connectivity index (χ2n) is 5.94. The van der Waals surface area contributed by atoms with Crippen LogP contribution in [-0.4, -0.2) is 53.2 Å². The average molecular weight is 303 g/mol. The van der Waals surface area contributed by atoms with Crippen molar-refractivity contribution >= 4 is 17.0 Å². The Kier molecular flexibility index (Phi) is 2.93. The topological polar surface area (TPSA) is 130 Å². The van der Waals surface area contributed by atoms with E-state index in [4.69, 9.17) is 5.73 Å². The zero-order valence-electron chi connectivity index (χ0n) is 11.7. The summed E-state index contributed by atoms with van der Waals surface area (Å²) in [5, 5.41) is 30.6. The van der Waals surface area contributed by atoms with E-state index < -0.39 is 24.4 Å². The van der Waals surface area contributed by atoms with Gasteiger partial charge >= 0.3 is 0 Å². The largest absolute Gasteiger partial charge is 0.393 e. The van der Waals surface area contributed by atoms with Crippen molar-refractivity contribution in [3.8, 4) is 0 Å². The van der Waals surface area contributed by atoms with E-state index in [1.807, 2.05) is 6.08 Å². The van der Waals surface area contributed by atoms with Gasteiger partial charge in [0.25, 0.3) is 0 Å². The van der Waals surface area contributed by atoms with Crippen molar-refractivity contribution in [3.63, 3.8) is 0 Å². The smallest absolute Gasteiger partial charge is 0.166 e. The van der Waals surface area contributed by atoms with Crippen LogP contribution in [0.2, 0.25) is 0 Å². The fourth-order valence-corrected chi connectivity index (χ4v) is 3.65. The predicted octanol–water partition coefficient (Wildman–Crippen LogP) is -0.618. The molecule has 22 heavy (non-hydrogen) atoms. The SMILES string of the molecule is Nc1ncnc2c1ncn2[C@@H]1C2=CC[C@H](O)C[C@@H]2[C@@H](O)[C@H]1O. The molecule has 2 heterocycles. The summed E-state index contributed by atoms with van der Waals surface area (Å²) in [4.78, 5) is 12.3. The zero-order valence-corrected chi connectivity index (χ0v) is 11.7. The number of hydrogen-bond acceptors (Lipinski definition) is 7. The molecule has 5 N–H and O–H groups in total. The van der Waals surface area contributed by atoms with Crippen LogP contribution >= 0.6 is 0 Å². The first-order valence-corrected chi connectivity index (χ1v) is 7.25. The van der Waals surface area contributed by atoms with Gasteiger partial charge in [-0.05, 0) is 18.4 Å². The van der Waals surface area contributed by atoms with Gasteiger partial charge in [0, 0.05) is 5.92 Å². The van der Waals surface area contributed by atoms with Crippen LogP contribution < -0.4 is 5.73 Å². The quantitative estimate of drug-likeness (QED) is 0.516. The molecule has 2 aromatic heterocycles. The van der Waals surface area contributed by atoms with Crippen LogP contribution in [0.25, 0.3) is 11.2 Å². The first-order valence-electron chi connectivity index (χ1n) is 7.25. The fourth-order valence-electron chi connectivity index (χ4n) is 3.65. The zero-order chi connectivity index (χ0) is 15.4. The third-order valence-corrected chi connectivity index (χ3v) is 4.69. The lowest BCUT2D eigenvalue weighted by Gasteiger charge is -2.25. The summed E-state index contributed by atoms with van der Waals surface area (Å²) < 4.78 is 1.73. The molecule has 2 aromatic rings. The maximum absolute atomic E-state index is 10.5. The number of aliphatic hydroxyl groups excluding tert-OH is 3. The number of aliphatic hydroxyl groups is 3. The highest BCUT2D eigenvalue weighted by molar-refractivity contribution is 5.81. The molecule has 0 aromatic carbocycles. The first kappa shape index (κ1) is 13.6. The van der Waals surface area contributed by atoms with Crippen molar-refractivity contribution in [2.45, 2.75) is 37.2 Å². The number of aromatic nitrogens is 4. The molecule has 2 aliphatic carbocycles. The highest BCUT2D eigenvalue weighted by Crippen LogP contribution is 2.46.